The van der Waals surface area contributed by atoms with Crippen molar-refractivity contribution in [2.24, 2.45) is 5.73 Å². The second-order valence-electron chi connectivity index (χ2n) is 7.64. The number of anilines is 1. The molecular formula is C20H18F3N7O3. The lowest BCUT2D eigenvalue weighted by Crippen LogP contribution is -2.64. The fourth-order valence-corrected chi connectivity index (χ4v) is 3.82. The smallest absolute Gasteiger partial charge is 0.307 e. The Balaban J connectivity index is 1.57. The standard InChI is InChI=1S/C20H18F3N7O3/c1-25-13-8-12(9-26-10-13)15-3-7-33-30(15)17(32)19(21)4-6-29(11-20(19,22)23)18-27-5-2-14(28-18)16(24)31/h2,5,8-10,15H,3-4,6-7,11H2,(H2,24,31)/t15-,19?/m0/s1. The molecule has 1 unspecified atom stereocenters. The third-order valence-electron chi connectivity index (χ3n) is 5.58. The number of hydrogen-bond acceptors (Lipinski definition) is 7. The number of nitrogens with zero attached hydrogens (tertiary/aromatic N) is 6. The third-order valence-corrected chi connectivity index (χ3v) is 5.58. The summed E-state index contributed by atoms with van der Waals surface area (Å²) in [5.41, 5.74) is 2.01. The zero-order chi connectivity index (χ0) is 23.8. The number of hydroxylamine groups is 2. The van der Waals surface area contributed by atoms with E-state index in [1.54, 1.807) is 0 Å². The minimum Gasteiger partial charge on any atom is -0.364 e. The van der Waals surface area contributed by atoms with E-state index in [0.29, 0.717) is 10.6 Å². The van der Waals surface area contributed by atoms with Gasteiger partial charge in [0, 0.05) is 38.0 Å². The van der Waals surface area contributed by atoms with Gasteiger partial charge in [-0.05, 0) is 17.7 Å². The van der Waals surface area contributed by atoms with E-state index in [1.807, 2.05) is 0 Å². The largest absolute Gasteiger partial charge is 0.364 e. The van der Waals surface area contributed by atoms with Gasteiger partial charge in [-0.1, -0.05) is 0 Å². The minimum absolute atomic E-state index is 0.0141. The number of primary amides is 1. The highest BCUT2D eigenvalue weighted by atomic mass is 19.3. The summed E-state index contributed by atoms with van der Waals surface area (Å²) < 4.78 is 45.9. The van der Waals surface area contributed by atoms with Crippen LogP contribution in [0.15, 0.2) is 30.7 Å². The van der Waals surface area contributed by atoms with Crippen LogP contribution in [0.4, 0.5) is 24.8 Å². The summed E-state index contributed by atoms with van der Waals surface area (Å²) in [6.07, 6.45) is 3.24. The van der Waals surface area contributed by atoms with E-state index in [0.717, 1.165) is 4.90 Å². The van der Waals surface area contributed by atoms with Crippen molar-refractivity contribution in [3.8, 4) is 0 Å². The van der Waals surface area contributed by atoms with Crippen LogP contribution in [0.3, 0.4) is 0 Å². The number of carbonyl (C=O) groups excluding carboxylic acids is 2. The first-order valence-corrected chi connectivity index (χ1v) is 9.90. The van der Waals surface area contributed by atoms with Gasteiger partial charge in [0.2, 0.25) is 11.6 Å². The summed E-state index contributed by atoms with van der Waals surface area (Å²) in [4.78, 5) is 45.4. The zero-order valence-electron chi connectivity index (χ0n) is 17.1. The first-order valence-electron chi connectivity index (χ1n) is 9.90. The number of alkyl halides is 3. The molecule has 172 valence electrons. The van der Waals surface area contributed by atoms with Gasteiger partial charge in [-0.15, -0.1) is 0 Å². The molecule has 2 aromatic rings. The van der Waals surface area contributed by atoms with E-state index in [4.69, 9.17) is 17.1 Å². The monoisotopic (exact) mass is 461 g/mol. The van der Waals surface area contributed by atoms with Crippen LogP contribution in [-0.2, 0) is 9.63 Å². The summed E-state index contributed by atoms with van der Waals surface area (Å²) in [5, 5.41) is 0.624. The highest BCUT2D eigenvalue weighted by Gasteiger charge is 2.65. The van der Waals surface area contributed by atoms with E-state index >= 15 is 13.2 Å². The van der Waals surface area contributed by atoms with Gasteiger partial charge < -0.3 is 10.6 Å². The minimum atomic E-state index is -4.12. The van der Waals surface area contributed by atoms with Crippen LogP contribution in [0.2, 0.25) is 0 Å². The number of piperidine rings is 1. The van der Waals surface area contributed by atoms with Crippen molar-refractivity contribution in [3.05, 3.63) is 53.4 Å². The molecule has 2 fully saturated rings. The highest BCUT2D eigenvalue weighted by molar-refractivity contribution is 5.91. The quantitative estimate of drug-likeness (QED) is 0.692. The topological polar surface area (TPSA) is 119 Å². The lowest BCUT2D eigenvalue weighted by Gasteiger charge is -2.42. The maximum absolute atomic E-state index is 15.7. The van der Waals surface area contributed by atoms with Crippen molar-refractivity contribution in [2.75, 3.05) is 24.6 Å². The van der Waals surface area contributed by atoms with Crippen LogP contribution < -0.4 is 10.6 Å². The van der Waals surface area contributed by atoms with Gasteiger partial charge in [-0.25, -0.2) is 33.0 Å². The predicted octanol–water partition coefficient (Wildman–Crippen LogP) is 1.98. The van der Waals surface area contributed by atoms with Crippen LogP contribution in [0.25, 0.3) is 4.85 Å². The van der Waals surface area contributed by atoms with Crippen molar-refractivity contribution < 1.29 is 27.6 Å². The predicted molar refractivity (Wildman–Crippen MR) is 107 cm³/mol. The highest BCUT2D eigenvalue weighted by Crippen LogP contribution is 2.44. The lowest BCUT2D eigenvalue weighted by atomic mass is 9.87. The molecule has 0 saturated carbocycles. The van der Waals surface area contributed by atoms with Gasteiger partial charge in [0.15, 0.2) is 0 Å². The molecule has 2 aliphatic heterocycles. The molecule has 13 heteroatoms. The molecule has 0 aliphatic carbocycles. The number of halogens is 3. The summed E-state index contributed by atoms with van der Waals surface area (Å²) in [6, 6.07) is 1.82. The van der Waals surface area contributed by atoms with E-state index in [2.05, 4.69) is 19.8 Å². The molecule has 4 rings (SSSR count). The maximum Gasteiger partial charge on any atom is 0.307 e. The Labute approximate surface area is 185 Å². The first-order chi connectivity index (χ1) is 15.7. The Morgan fingerprint density at radius 2 is 2.09 bits per heavy atom. The van der Waals surface area contributed by atoms with E-state index in [-0.39, 0.29) is 36.9 Å². The van der Waals surface area contributed by atoms with Crippen LogP contribution in [0, 0.1) is 6.57 Å². The molecule has 2 atom stereocenters. The Kier molecular flexibility index (Phi) is 5.62. The molecule has 2 aromatic heterocycles. The summed E-state index contributed by atoms with van der Waals surface area (Å²) >= 11 is 0. The molecule has 0 bridgehead atoms. The van der Waals surface area contributed by atoms with E-state index in [1.165, 1.54) is 30.7 Å². The van der Waals surface area contributed by atoms with Gasteiger partial charge in [0.25, 0.3) is 17.5 Å². The maximum atomic E-state index is 15.7. The third kappa shape index (κ3) is 3.93. The van der Waals surface area contributed by atoms with Crippen molar-refractivity contribution >= 4 is 23.5 Å². The van der Waals surface area contributed by atoms with E-state index < -0.39 is 42.4 Å². The molecule has 0 aromatic carbocycles. The van der Waals surface area contributed by atoms with Crippen molar-refractivity contribution in [2.45, 2.75) is 30.5 Å². The summed E-state index contributed by atoms with van der Waals surface area (Å²) in [7, 11) is 0. The Morgan fingerprint density at radius 3 is 2.79 bits per heavy atom. The number of carbonyl (C=O) groups is 2. The molecule has 4 heterocycles. The fourth-order valence-electron chi connectivity index (χ4n) is 3.82. The molecule has 0 spiro atoms. The second-order valence-corrected chi connectivity index (χ2v) is 7.64. The summed E-state index contributed by atoms with van der Waals surface area (Å²) in [6.45, 7) is 5.60. The second kappa shape index (κ2) is 8.28. The van der Waals surface area contributed by atoms with Crippen molar-refractivity contribution in [1.29, 1.82) is 0 Å². The first kappa shape index (κ1) is 22.4. The Bertz CT molecular complexity index is 1140. The van der Waals surface area contributed by atoms with Gasteiger partial charge in [0.1, 0.15) is 5.69 Å². The molecule has 10 nitrogen and oxygen atoms in total. The fraction of sp³-hybridized carbons (Fsp3) is 0.400. The summed E-state index contributed by atoms with van der Waals surface area (Å²) in [5.74, 6) is -6.72. The van der Waals surface area contributed by atoms with Crippen LogP contribution in [0.1, 0.15) is 34.9 Å². The lowest BCUT2D eigenvalue weighted by molar-refractivity contribution is -0.216. The van der Waals surface area contributed by atoms with Gasteiger partial charge >= 0.3 is 5.92 Å². The molecule has 0 radical (unpaired) electrons. The van der Waals surface area contributed by atoms with E-state index in [9.17, 15) is 9.59 Å². The van der Waals surface area contributed by atoms with Crippen LogP contribution in [0.5, 0.6) is 0 Å². The number of aromatic nitrogens is 3. The van der Waals surface area contributed by atoms with Crippen molar-refractivity contribution in [3.63, 3.8) is 0 Å². The number of amides is 2. The Hall–Kier alpha value is -3.79. The molecule has 2 saturated heterocycles. The SMILES string of the molecule is [C-]#[N+]c1cncc([C@@H]2CCON2C(=O)C2(F)CCN(c3nccc(C(N)=O)n3)CC2(F)F)c1. The van der Waals surface area contributed by atoms with Crippen LogP contribution >= 0.6 is 0 Å². The van der Waals surface area contributed by atoms with Gasteiger partial charge in [-0.2, -0.15) is 0 Å². The number of hydrogen-bond donors (Lipinski definition) is 1. The van der Waals surface area contributed by atoms with Gasteiger partial charge in [0.05, 0.1) is 25.8 Å². The van der Waals surface area contributed by atoms with Gasteiger partial charge in [-0.3, -0.25) is 19.4 Å². The zero-order valence-corrected chi connectivity index (χ0v) is 17.1. The number of nitrogens with two attached hydrogens (primary N) is 1. The normalized spacial score (nSPS) is 24.4. The molecule has 33 heavy (non-hydrogen) atoms. The molecule has 2 N–H and O–H groups in total. The van der Waals surface area contributed by atoms with Crippen molar-refractivity contribution in [1.82, 2.24) is 20.0 Å². The van der Waals surface area contributed by atoms with Crippen LogP contribution in [-0.4, -0.2) is 63.1 Å². The number of rotatable bonds is 4. The molecular weight excluding hydrogens is 443 g/mol. The molecule has 2 aliphatic rings. The molecule has 2 amide bonds. The number of pyridine rings is 1. The average molecular weight is 461 g/mol. The Morgan fingerprint density at radius 1 is 1.30 bits per heavy atom. The average Bonchev–Trinajstić information content (AvgIpc) is 3.30.